The Bertz CT molecular complexity index is 1160. The molecule has 4 atom stereocenters. The number of carboxylic acids is 1. The third kappa shape index (κ3) is 3.67. The lowest BCUT2D eigenvalue weighted by Gasteiger charge is -2.27. The summed E-state index contributed by atoms with van der Waals surface area (Å²) in [5.74, 6) is -2.20. The van der Waals surface area contributed by atoms with Crippen LogP contribution in [0.4, 0.5) is 18.9 Å². The van der Waals surface area contributed by atoms with Gasteiger partial charge >= 0.3 is 5.97 Å². The molecule has 2 aliphatic carbocycles. The first-order valence-corrected chi connectivity index (χ1v) is 10.0. The molecule has 7 N–H and O–H groups in total. The predicted octanol–water partition coefficient (Wildman–Crippen LogP) is 1.61. The van der Waals surface area contributed by atoms with Crippen LogP contribution in [0.3, 0.4) is 0 Å². The Morgan fingerprint density at radius 2 is 1.91 bits per heavy atom. The van der Waals surface area contributed by atoms with Crippen molar-refractivity contribution >= 4 is 35.0 Å². The molecule has 33 heavy (non-hydrogen) atoms. The maximum absolute atomic E-state index is 15.4. The smallest absolute Gasteiger partial charge is 0.341 e. The van der Waals surface area contributed by atoms with Crippen LogP contribution in [0.5, 0.6) is 0 Å². The summed E-state index contributed by atoms with van der Waals surface area (Å²) in [7, 11) is 0. The minimum Gasteiger partial charge on any atom is -0.477 e. The van der Waals surface area contributed by atoms with Crippen molar-refractivity contribution in [3.63, 3.8) is 0 Å². The lowest BCUT2D eigenvalue weighted by atomic mass is 9.89. The van der Waals surface area contributed by atoms with Gasteiger partial charge < -0.3 is 31.3 Å². The zero-order valence-corrected chi connectivity index (χ0v) is 18.6. The van der Waals surface area contributed by atoms with Gasteiger partial charge in [0.2, 0.25) is 5.43 Å². The number of anilines is 1. The first-order chi connectivity index (χ1) is 14.1. The molecule has 2 heterocycles. The van der Waals surface area contributed by atoms with Crippen molar-refractivity contribution in [3.05, 3.63) is 39.4 Å². The number of nitrogens with two attached hydrogens (primary N) is 1. The highest BCUT2D eigenvalue weighted by Gasteiger charge is 2.60. The first-order valence-electron chi connectivity index (χ1n) is 10.0. The number of pyridine rings is 1. The largest absolute Gasteiger partial charge is 0.477 e. The Balaban J connectivity index is 0.00000128. The molecule has 0 radical (unpaired) electrons. The molecule has 0 spiro atoms. The van der Waals surface area contributed by atoms with Crippen molar-refractivity contribution in [3.8, 4) is 0 Å². The summed E-state index contributed by atoms with van der Waals surface area (Å²) in [5, 5.41) is 9.25. The SMILES string of the molecule is Cc1c(N2C[C@]3(N)CCC[C@]3(F)C2)c(F)cc2c(=O)c(C(=O)O)cn([C@@H]3C[C@@H]3F)c12.Cl.O.O. The lowest BCUT2D eigenvalue weighted by Crippen LogP contribution is -2.53. The van der Waals surface area contributed by atoms with Gasteiger partial charge in [-0.15, -0.1) is 12.4 Å². The number of hydrogen-bond donors (Lipinski definition) is 2. The van der Waals surface area contributed by atoms with Gasteiger partial charge in [-0.3, -0.25) is 4.79 Å². The molecule has 0 bridgehead atoms. The van der Waals surface area contributed by atoms with Gasteiger partial charge in [-0.1, -0.05) is 0 Å². The topological polar surface area (TPSA) is 152 Å². The summed E-state index contributed by atoms with van der Waals surface area (Å²) < 4.78 is 45.9. The van der Waals surface area contributed by atoms with E-state index in [1.807, 2.05) is 0 Å². The van der Waals surface area contributed by atoms with Gasteiger partial charge in [0.15, 0.2) is 0 Å². The van der Waals surface area contributed by atoms with E-state index in [0.29, 0.717) is 24.8 Å². The number of nitrogens with zero attached hydrogens (tertiary/aromatic N) is 2. The second kappa shape index (κ2) is 8.46. The van der Waals surface area contributed by atoms with Gasteiger partial charge in [0.25, 0.3) is 0 Å². The van der Waals surface area contributed by atoms with Crippen LogP contribution in [-0.4, -0.2) is 57.1 Å². The molecule has 0 amide bonds. The molecule has 3 aliphatic rings. The van der Waals surface area contributed by atoms with Crippen molar-refractivity contribution in [1.82, 2.24) is 4.57 Å². The fourth-order valence-electron chi connectivity index (χ4n) is 5.38. The fraction of sp³-hybridized carbons (Fsp3) is 0.524. The number of aryl methyl sites for hydroxylation is 1. The molecular formula is C21H27ClF3N3O5. The Morgan fingerprint density at radius 1 is 1.27 bits per heavy atom. The summed E-state index contributed by atoms with van der Waals surface area (Å²) in [6.07, 6.45) is 1.65. The first kappa shape index (κ1) is 26.9. The second-order valence-electron chi connectivity index (χ2n) is 8.96. The van der Waals surface area contributed by atoms with Gasteiger partial charge in [-0.25, -0.2) is 18.0 Å². The van der Waals surface area contributed by atoms with Crippen molar-refractivity contribution in [2.45, 2.75) is 56.0 Å². The number of carboxylic acid groups (broad SMARTS) is 1. The van der Waals surface area contributed by atoms with E-state index in [9.17, 15) is 19.1 Å². The van der Waals surface area contributed by atoms with Gasteiger partial charge in [-0.2, -0.15) is 0 Å². The average Bonchev–Trinajstić information content (AvgIpc) is 3.22. The minimum absolute atomic E-state index is 0. The molecule has 1 aliphatic heterocycles. The highest BCUT2D eigenvalue weighted by Crippen LogP contribution is 2.49. The Kier molecular flexibility index (Phi) is 6.90. The molecule has 0 unspecified atom stereocenters. The van der Waals surface area contributed by atoms with Crippen LogP contribution >= 0.6 is 12.4 Å². The van der Waals surface area contributed by atoms with Crippen LogP contribution in [0.25, 0.3) is 10.9 Å². The van der Waals surface area contributed by atoms with E-state index in [1.165, 1.54) is 4.57 Å². The standard InChI is InChI=1S/C21H22F3N3O3.ClH.2H2O/c1-10-16-11(18(28)12(19(29)30)7-27(16)15-6-13(15)22)5-14(23)17(10)26-8-20(24)3-2-4-21(20,25)9-26;;;/h5,7,13,15H,2-4,6,8-9,25H2,1H3,(H,29,30);1H;2*1H2/t13-,15+,20-,21+;;;/m0.../s1. The average molecular weight is 494 g/mol. The number of aromatic carboxylic acids is 1. The summed E-state index contributed by atoms with van der Waals surface area (Å²) in [4.78, 5) is 25.8. The van der Waals surface area contributed by atoms with Crippen LogP contribution in [0.15, 0.2) is 17.1 Å². The minimum atomic E-state index is -1.62. The van der Waals surface area contributed by atoms with Crippen molar-refractivity contribution < 1.29 is 34.0 Å². The van der Waals surface area contributed by atoms with Crippen LogP contribution < -0.4 is 16.1 Å². The number of halogens is 4. The van der Waals surface area contributed by atoms with E-state index in [2.05, 4.69) is 0 Å². The monoisotopic (exact) mass is 493 g/mol. The number of benzene rings is 1. The summed E-state index contributed by atoms with van der Waals surface area (Å²) in [6.45, 7) is 1.67. The quantitative estimate of drug-likeness (QED) is 0.665. The van der Waals surface area contributed by atoms with Gasteiger partial charge in [0, 0.05) is 24.5 Å². The van der Waals surface area contributed by atoms with E-state index >= 15 is 8.78 Å². The van der Waals surface area contributed by atoms with E-state index in [0.717, 1.165) is 12.3 Å². The van der Waals surface area contributed by atoms with E-state index < -0.39 is 46.2 Å². The molecule has 1 aromatic carbocycles. The van der Waals surface area contributed by atoms with E-state index in [4.69, 9.17) is 5.73 Å². The number of carbonyl (C=O) groups is 1. The third-order valence-corrected chi connectivity index (χ3v) is 7.07. The molecule has 1 saturated heterocycles. The van der Waals surface area contributed by atoms with Crippen molar-refractivity contribution in [2.24, 2.45) is 5.73 Å². The van der Waals surface area contributed by atoms with E-state index in [-0.39, 0.29) is 59.5 Å². The molecule has 8 nitrogen and oxygen atoms in total. The molecule has 3 fully saturated rings. The van der Waals surface area contributed by atoms with Crippen molar-refractivity contribution in [1.29, 1.82) is 0 Å². The Labute approximate surface area is 193 Å². The molecule has 12 heteroatoms. The van der Waals surface area contributed by atoms with E-state index in [1.54, 1.807) is 11.8 Å². The predicted molar refractivity (Wildman–Crippen MR) is 120 cm³/mol. The fourth-order valence-corrected chi connectivity index (χ4v) is 5.38. The molecule has 2 aromatic rings. The van der Waals surface area contributed by atoms with Gasteiger partial charge in [-0.05, 0) is 37.8 Å². The van der Waals surface area contributed by atoms with Crippen LogP contribution in [0, 0.1) is 12.7 Å². The molecule has 5 rings (SSSR count). The molecule has 1 aromatic heterocycles. The Morgan fingerprint density at radius 3 is 2.45 bits per heavy atom. The zero-order chi connectivity index (χ0) is 21.6. The Hall–Kier alpha value is -2.34. The molecular weight excluding hydrogens is 467 g/mol. The summed E-state index contributed by atoms with van der Waals surface area (Å²) in [6, 6.07) is 0.371. The summed E-state index contributed by atoms with van der Waals surface area (Å²) in [5.41, 5.74) is 3.04. The summed E-state index contributed by atoms with van der Waals surface area (Å²) >= 11 is 0. The van der Waals surface area contributed by atoms with Crippen LogP contribution in [0.2, 0.25) is 0 Å². The number of rotatable bonds is 3. The number of hydrogen-bond acceptors (Lipinski definition) is 4. The van der Waals surface area contributed by atoms with Gasteiger partial charge in [0.05, 0.1) is 29.3 Å². The highest BCUT2D eigenvalue weighted by molar-refractivity contribution is 5.95. The molecule has 184 valence electrons. The maximum Gasteiger partial charge on any atom is 0.341 e. The van der Waals surface area contributed by atoms with Crippen molar-refractivity contribution in [2.75, 3.05) is 18.0 Å². The lowest BCUT2D eigenvalue weighted by molar-refractivity contribution is 0.0694. The highest BCUT2D eigenvalue weighted by atomic mass is 35.5. The zero-order valence-electron chi connectivity index (χ0n) is 17.8. The second-order valence-corrected chi connectivity index (χ2v) is 8.96. The number of fused-ring (bicyclic) bond motifs is 2. The maximum atomic E-state index is 15.4. The van der Waals surface area contributed by atoms with Crippen LogP contribution in [0.1, 0.15) is 47.6 Å². The number of aromatic nitrogens is 1. The normalized spacial score (nSPS) is 29.7. The molecule has 2 saturated carbocycles. The third-order valence-electron chi connectivity index (χ3n) is 7.07. The number of alkyl halides is 2. The van der Waals surface area contributed by atoms with Gasteiger partial charge in [0.1, 0.15) is 23.2 Å². The van der Waals surface area contributed by atoms with Crippen LogP contribution in [-0.2, 0) is 0 Å².